The van der Waals surface area contributed by atoms with E-state index in [0.29, 0.717) is 12.2 Å². The Morgan fingerprint density at radius 1 is 1.16 bits per heavy atom. The molecule has 6 nitrogen and oxygen atoms in total. The Labute approximate surface area is 141 Å². The first-order valence-corrected chi connectivity index (χ1v) is 7.48. The smallest absolute Gasteiger partial charge is 0.353 e. The SMILES string of the molecule is O=C(O)/C=C/C(=O)O[C@@](C(=O)O)(c1ccccc1)[C@@H]1CCC(F)(F)C1. The van der Waals surface area contributed by atoms with Gasteiger partial charge in [0.05, 0.1) is 0 Å². The topological polar surface area (TPSA) is 101 Å². The third-order valence-corrected chi connectivity index (χ3v) is 4.12. The minimum atomic E-state index is -3.05. The predicted octanol–water partition coefficient (Wildman–Crippen LogP) is 2.59. The molecule has 0 radical (unpaired) electrons. The number of benzene rings is 1. The van der Waals surface area contributed by atoms with E-state index in [9.17, 15) is 28.3 Å². The molecule has 1 aliphatic carbocycles. The fourth-order valence-corrected chi connectivity index (χ4v) is 3.03. The third kappa shape index (κ3) is 4.01. The zero-order valence-corrected chi connectivity index (χ0v) is 13.0. The molecule has 25 heavy (non-hydrogen) atoms. The molecule has 0 bridgehead atoms. The Morgan fingerprint density at radius 3 is 2.28 bits per heavy atom. The first-order valence-electron chi connectivity index (χ1n) is 7.48. The number of carboxylic acids is 2. The number of alkyl halides is 2. The number of hydrogen-bond acceptors (Lipinski definition) is 4. The second-order valence-corrected chi connectivity index (χ2v) is 5.80. The fraction of sp³-hybridized carbons (Fsp3) is 0.353. The minimum absolute atomic E-state index is 0.0438. The molecule has 0 aromatic heterocycles. The van der Waals surface area contributed by atoms with Gasteiger partial charge in [-0.15, -0.1) is 0 Å². The summed E-state index contributed by atoms with van der Waals surface area (Å²) in [6.45, 7) is 0. The third-order valence-electron chi connectivity index (χ3n) is 4.12. The highest BCUT2D eigenvalue weighted by Gasteiger charge is 2.57. The van der Waals surface area contributed by atoms with Crippen LogP contribution in [0.5, 0.6) is 0 Å². The minimum Gasteiger partial charge on any atom is -0.478 e. The van der Waals surface area contributed by atoms with Crippen molar-refractivity contribution in [1.82, 2.24) is 0 Å². The van der Waals surface area contributed by atoms with Crippen molar-refractivity contribution in [3.63, 3.8) is 0 Å². The molecule has 0 spiro atoms. The van der Waals surface area contributed by atoms with Gasteiger partial charge in [-0.1, -0.05) is 30.3 Å². The fourth-order valence-electron chi connectivity index (χ4n) is 3.03. The maximum atomic E-state index is 13.7. The number of halogens is 2. The van der Waals surface area contributed by atoms with Crippen LogP contribution >= 0.6 is 0 Å². The molecule has 0 unspecified atom stereocenters. The quantitative estimate of drug-likeness (QED) is 0.601. The first-order chi connectivity index (χ1) is 11.7. The Morgan fingerprint density at radius 2 is 1.80 bits per heavy atom. The molecule has 1 aliphatic rings. The van der Waals surface area contributed by atoms with Gasteiger partial charge in [-0.05, 0) is 6.42 Å². The standard InChI is InChI=1S/C17H16F2O6/c18-16(19)9-8-12(10-16)17(15(23)24,11-4-2-1-3-5-11)25-14(22)7-6-13(20)21/h1-7,12H,8-10H2,(H,20,21)(H,23,24)/b7-6+/t12-,17+/m1/s1. The number of ether oxygens (including phenoxy) is 1. The lowest BCUT2D eigenvalue weighted by atomic mass is 9.79. The summed E-state index contributed by atoms with van der Waals surface area (Å²) in [5.74, 6) is -8.44. The molecule has 134 valence electrons. The molecular formula is C17H16F2O6. The highest BCUT2D eigenvalue weighted by Crippen LogP contribution is 2.49. The molecule has 2 atom stereocenters. The van der Waals surface area contributed by atoms with Crippen LogP contribution < -0.4 is 0 Å². The van der Waals surface area contributed by atoms with Crippen LogP contribution in [0.4, 0.5) is 8.78 Å². The molecular weight excluding hydrogens is 338 g/mol. The number of hydrogen-bond donors (Lipinski definition) is 2. The van der Waals surface area contributed by atoms with E-state index in [1.54, 1.807) is 6.07 Å². The van der Waals surface area contributed by atoms with E-state index in [2.05, 4.69) is 0 Å². The van der Waals surface area contributed by atoms with Crippen molar-refractivity contribution in [1.29, 1.82) is 0 Å². The summed E-state index contributed by atoms with van der Waals surface area (Å²) >= 11 is 0. The average molecular weight is 354 g/mol. The molecule has 1 saturated carbocycles. The van der Waals surface area contributed by atoms with Crippen LogP contribution in [0.3, 0.4) is 0 Å². The summed E-state index contributed by atoms with van der Waals surface area (Å²) in [6.07, 6.45) is -0.366. The van der Waals surface area contributed by atoms with E-state index in [1.807, 2.05) is 0 Å². The maximum Gasteiger partial charge on any atom is 0.353 e. The predicted molar refractivity (Wildman–Crippen MR) is 80.9 cm³/mol. The Balaban J connectivity index is 2.47. The van der Waals surface area contributed by atoms with E-state index in [0.717, 1.165) is 0 Å². The Hall–Kier alpha value is -2.77. The first kappa shape index (κ1) is 18.6. The van der Waals surface area contributed by atoms with Gasteiger partial charge < -0.3 is 14.9 Å². The van der Waals surface area contributed by atoms with Gasteiger partial charge in [0.2, 0.25) is 11.5 Å². The van der Waals surface area contributed by atoms with Crippen LogP contribution in [0, 0.1) is 5.92 Å². The summed E-state index contributed by atoms with van der Waals surface area (Å²) in [5, 5.41) is 18.3. The molecule has 2 rings (SSSR count). The number of esters is 1. The molecule has 1 fully saturated rings. The molecule has 2 N–H and O–H groups in total. The molecule has 1 aromatic carbocycles. The van der Waals surface area contributed by atoms with E-state index in [-0.39, 0.29) is 12.0 Å². The molecule has 0 heterocycles. The summed E-state index contributed by atoms with van der Waals surface area (Å²) in [5.41, 5.74) is -2.27. The van der Waals surface area contributed by atoms with Gasteiger partial charge in [0.1, 0.15) is 0 Å². The van der Waals surface area contributed by atoms with Crippen LogP contribution in [0.25, 0.3) is 0 Å². The Bertz CT molecular complexity index is 700. The molecule has 1 aromatic rings. The van der Waals surface area contributed by atoms with Gasteiger partial charge >= 0.3 is 17.9 Å². The lowest BCUT2D eigenvalue weighted by Gasteiger charge is -2.34. The highest BCUT2D eigenvalue weighted by molar-refractivity contribution is 5.93. The van der Waals surface area contributed by atoms with Crippen LogP contribution in [0.1, 0.15) is 24.8 Å². The maximum absolute atomic E-state index is 13.7. The lowest BCUT2D eigenvalue weighted by Crippen LogP contribution is -2.46. The van der Waals surface area contributed by atoms with Crippen molar-refractivity contribution in [2.75, 3.05) is 0 Å². The molecule has 0 amide bonds. The molecule has 0 aliphatic heterocycles. The normalized spacial score (nSPS) is 21.6. The number of carboxylic acid groups (broad SMARTS) is 2. The summed E-state index contributed by atoms with van der Waals surface area (Å²) in [4.78, 5) is 34.5. The molecule has 8 heteroatoms. The van der Waals surface area contributed by atoms with Gasteiger partial charge in [-0.3, -0.25) is 0 Å². The number of carbonyl (C=O) groups excluding carboxylic acids is 1. The Kier molecular flexibility index (Phi) is 5.20. The van der Waals surface area contributed by atoms with Crippen molar-refractivity contribution in [2.24, 2.45) is 5.92 Å². The van der Waals surface area contributed by atoms with Gasteiger partial charge in [-0.25, -0.2) is 23.2 Å². The molecule has 0 saturated heterocycles. The van der Waals surface area contributed by atoms with Gasteiger partial charge in [0.25, 0.3) is 0 Å². The van der Waals surface area contributed by atoms with Crippen LogP contribution in [-0.4, -0.2) is 34.0 Å². The number of carbonyl (C=O) groups is 3. The summed E-state index contributed by atoms with van der Waals surface area (Å²) in [6, 6.07) is 7.35. The largest absolute Gasteiger partial charge is 0.478 e. The average Bonchev–Trinajstić information content (AvgIpc) is 2.91. The second-order valence-electron chi connectivity index (χ2n) is 5.80. The van der Waals surface area contributed by atoms with Gasteiger partial charge in [0, 0.05) is 36.5 Å². The van der Waals surface area contributed by atoms with Crippen LogP contribution in [-0.2, 0) is 24.7 Å². The lowest BCUT2D eigenvalue weighted by molar-refractivity contribution is -0.186. The van der Waals surface area contributed by atoms with Gasteiger partial charge in [-0.2, -0.15) is 0 Å². The van der Waals surface area contributed by atoms with E-state index >= 15 is 0 Å². The zero-order valence-electron chi connectivity index (χ0n) is 13.0. The van der Waals surface area contributed by atoms with Crippen LogP contribution in [0.2, 0.25) is 0 Å². The van der Waals surface area contributed by atoms with Gasteiger partial charge in [0.15, 0.2) is 0 Å². The van der Waals surface area contributed by atoms with E-state index in [1.165, 1.54) is 24.3 Å². The van der Waals surface area contributed by atoms with E-state index in [4.69, 9.17) is 9.84 Å². The van der Waals surface area contributed by atoms with Crippen molar-refractivity contribution in [3.8, 4) is 0 Å². The van der Waals surface area contributed by atoms with Crippen molar-refractivity contribution in [2.45, 2.75) is 30.8 Å². The number of aliphatic carboxylic acids is 2. The van der Waals surface area contributed by atoms with Crippen LogP contribution in [0.15, 0.2) is 42.5 Å². The zero-order chi connectivity index (χ0) is 18.7. The number of rotatable bonds is 6. The van der Waals surface area contributed by atoms with E-state index < -0.39 is 48.2 Å². The second kappa shape index (κ2) is 7.00. The van der Waals surface area contributed by atoms with Crippen molar-refractivity contribution in [3.05, 3.63) is 48.0 Å². The van der Waals surface area contributed by atoms with Crippen molar-refractivity contribution >= 4 is 17.9 Å². The summed E-state index contributed by atoms with van der Waals surface area (Å²) < 4.78 is 32.4. The summed E-state index contributed by atoms with van der Waals surface area (Å²) in [7, 11) is 0. The monoisotopic (exact) mass is 354 g/mol. The van der Waals surface area contributed by atoms with Crippen molar-refractivity contribution < 1.29 is 38.1 Å². The highest BCUT2D eigenvalue weighted by atomic mass is 19.3.